The molecule has 33 heavy (non-hydrogen) atoms. The first kappa shape index (κ1) is 22.6. The van der Waals surface area contributed by atoms with Crippen LogP contribution in [0.4, 0.5) is 0 Å². The molecule has 172 valence electrons. The van der Waals surface area contributed by atoms with Crippen molar-refractivity contribution in [2.24, 2.45) is 5.92 Å². The third-order valence-electron chi connectivity index (χ3n) is 5.90. The maximum Gasteiger partial charge on any atom is 0.295 e. The number of nitrogens with zero attached hydrogens (tertiary/aromatic N) is 1. The minimum absolute atomic E-state index is 0.113. The van der Waals surface area contributed by atoms with Gasteiger partial charge in [-0.3, -0.25) is 9.59 Å². The highest BCUT2D eigenvalue weighted by Gasteiger charge is 2.46. The summed E-state index contributed by atoms with van der Waals surface area (Å²) in [7, 11) is 0. The molecule has 1 amide bonds. The zero-order valence-electron chi connectivity index (χ0n) is 19.3. The second-order valence-corrected chi connectivity index (χ2v) is 8.87. The topological polar surface area (TPSA) is 82.6 Å². The molecule has 0 aliphatic carbocycles. The van der Waals surface area contributed by atoms with Crippen LogP contribution < -0.4 is 4.74 Å². The predicted octanol–water partition coefficient (Wildman–Crippen LogP) is 5.42. The number of H-pyrrole nitrogens is 1. The number of nitrogens with one attached hydrogen (secondary N) is 1. The second kappa shape index (κ2) is 9.53. The minimum atomic E-state index is -0.660. The summed E-state index contributed by atoms with van der Waals surface area (Å²) in [4.78, 5) is 31.0. The number of aromatic amines is 1. The number of Topliss-reactive ketones (excluding diaryl/α,β-unsaturated/α-hetero) is 1. The van der Waals surface area contributed by atoms with Gasteiger partial charge in [0, 0.05) is 34.8 Å². The van der Waals surface area contributed by atoms with E-state index in [1.807, 2.05) is 43.5 Å². The van der Waals surface area contributed by atoms with Gasteiger partial charge >= 0.3 is 0 Å². The summed E-state index contributed by atoms with van der Waals surface area (Å²) in [5, 5.41) is 12.2. The highest BCUT2D eigenvalue weighted by Crippen LogP contribution is 2.42. The molecular weight excluding hydrogens is 416 g/mol. The lowest BCUT2D eigenvalue weighted by atomic mass is 9.95. The van der Waals surface area contributed by atoms with Crippen molar-refractivity contribution in [2.75, 3.05) is 13.2 Å². The molecule has 1 atom stereocenters. The molecule has 1 aliphatic rings. The Balaban J connectivity index is 1.83. The maximum atomic E-state index is 13.2. The van der Waals surface area contributed by atoms with E-state index in [0.717, 1.165) is 29.3 Å². The van der Waals surface area contributed by atoms with Crippen molar-refractivity contribution in [1.29, 1.82) is 0 Å². The highest BCUT2D eigenvalue weighted by atomic mass is 16.5. The number of para-hydroxylation sites is 1. The number of aliphatic hydroxyl groups is 1. The van der Waals surface area contributed by atoms with Gasteiger partial charge in [-0.2, -0.15) is 0 Å². The van der Waals surface area contributed by atoms with Crippen LogP contribution in [0.1, 0.15) is 50.8 Å². The number of hydrogen-bond acceptors (Lipinski definition) is 4. The fourth-order valence-electron chi connectivity index (χ4n) is 4.23. The third kappa shape index (κ3) is 4.38. The summed E-state index contributed by atoms with van der Waals surface area (Å²) in [5.74, 6) is -0.456. The maximum absolute atomic E-state index is 13.2. The predicted molar refractivity (Wildman–Crippen MR) is 129 cm³/mol. The molecular formula is C27H30N2O4. The number of unbranched alkanes of at least 4 members (excludes halogenated alkanes) is 1. The van der Waals surface area contributed by atoms with Crippen molar-refractivity contribution in [1.82, 2.24) is 9.88 Å². The fourth-order valence-corrected chi connectivity index (χ4v) is 4.23. The van der Waals surface area contributed by atoms with Crippen LogP contribution in [0.15, 0.2) is 60.3 Å². The van der Waals surface area contributed by atoms with Crippen molar-refractivity contribution in [3.8, 4) is 5.75 Å². The van der Waals surface area contributed by atoms with Gasteiger partial charge in [-0.25, -0.2) is 0 Å². The zero-order chi connectivity index (χ0) is 23.5. The van der Waals surface area contributed by atoms with Crippen molar-refractivity contribution >= 4 is 28.4 Å². The minimum Gasteiger partial charge on any atom is -0.507 e. The molecule has 6 nitrogen and oxygen atoms in total. The second-order valence-electron chi connectivity index (χ2n) is 8.87. The molecule has 2 heterocycles. The summed E-state index contributed by atoms with van der Waals surface area (Å²) >= 11 is 0. The largest absolute Gasteiger partial charge is 0.507 e. The highest BCUT2D eigenvalue weighted by molar-refractivity contribution is 6.46. The lowest BCUT2D eigenvalue weighted by Crippen LogP contribution is -2.30. The number of ether oxygens (including phenoxy) is 1. The lowest BCUT2D eigenvalue weighted by Gasteiger charge is -2.24. The number of hydrogen-bond donors (Lipinski definition) is 2. The van der Waals surface area contributed by atoms with Gasteiger partial charge < -0.3 is 19.7 Å². The Morgan fingerprint density at radius 2 is 1.94 bits per heavy atom. The van der Waals surface area contributed by atoms with Gasteiger partial charge in [0.1, 0.15) is 11.5 Å². The standard InChI is InChI=1S/C27H30N2O4/c1-4-5-13-29-24(21-15-28-22-12-7-6-11-20(21)22)23(26(31)27(29)32)25(30)18-9-8-10-19(14-18)33-16-17(2)3/h6-12,14-15,17,24,28,30H,4-5,13,16H2,1-3H3/b25-23+. The smallest absolute Gasteiger partial charge is 0.295 e. The van der Waals surface area contributed by atoms with Crippen LogP contribution in [0.25, 0.3) is 16.7 Å². The number of carbonyl (C=O) groups is 2. The van der Waals surface area contributed by atoms with Crippen LogP contribution in [-0.2, 0) is 9.59 Å². The van der Waals surface area contributed by atoms with E-state index in [0.29, 0.717) is 30.4 Å². The molecule has 0 saturated carbocycles. The summed E-state index contributed by atoms with van der Waals surface area (Å²) in [5.41, 5.74) is 2.28. The molecule has 2 N–H and O–H groups in total. The molecule has 0 radical (unpaired) electrons. The quantitative estimate of drug-likeness (QED) is 0.275. The summed E-state index contributed by atoms with van der Waals surface area (Å²) in [6.45, 7) is 7.14. The van der Waals surface area contributed by atoms with Crippen LogP contribution in [0.5, 0.6) is 5.75 Å². The zero-order valence-corrected chi connectivity index (χ0v) is 19.3. The fraction of sp³-hybridized carbons (Fsp3) is 0.333. The van der Waals surface area contributed by atoms with E-state index in [1.165, 1.54) is 0 Å². The number of carbonyl (C=O) groups excluding carboxylic acids is 2. The first-order chi connectivity index (χ1) is 15.9. The molecule has 1 unspecified atom stereocenters. The molecule has 0 bridgehead atoms. The first-order valence-electron chi connectivity index (χ1n) is 11.5. The van der Waals surface area contributed by atoms with Crippen molar-refractivity contribution in [3.63, 3.8) is 0 Å². The van der Waals surface area contributed by atoms with Crippen LogP contribution >= 0.6 is 0 Å². The molecule has 6 heteroatoms. The van der Waals surface area contributed by atoms with Crippen molar-refractivity contribution in [3.05, 3.63) is 71.4 Å². The monoisotopic (exact) mass is 446 g/mol. The van der Waals surface area contributed by atoms with Crippen LogP contribution in [-0.4, -0.2) is 39.8 Å². The van der Waals surface area contributed by atoms with Gasteiger partial charge in [0.2, 0.25) is 0 Å². The lowest BCUT2D eigenvalue weighted by molar-refractivity contribution is -0.139. The van der Waals surface area contributed by atoms with Gasteiger partial charge in [0.05, 0.1) is 18.2 Å². The number of benzene rings is 2. The summed E-state index contributed by atoms with van der Waals surface area (Å²) in [6.07, 6.45) is 3.49. The summed E-state index contributed by atoms with van der Waals surface area (Å²) < 4.78 is 5.80. The average molecular weight is 447 g/mol. The molecule has 1 saturated heterocycles. The van der Waals surface area contributed by atoms with Crippen LogP contribution in [0.2, 0.25) is 0 Å². The van der Waals surface area contributed by atoms with Crippen LogP contribution in [0.3, 0.4) is 0 Å². The molecule has 1 aliphatic heterocycles. The Morgan fingerprint density at radius 1 is 1.15 bits per heavy atom. The molecule has 4 rings (SSSR count). The van der Waals surface area contributed by atoms with E-state index in [4.69, 9.17) is 4.74 Å². The van der Waals surface area contributed by atoms with Gasteiger partial charge in [-0.15, -0.1) is 0 Å². The van der Waals surface area contributed by atoms with Crippen molar-refractivity contribution < 1.29 is 19.4 Å². The number of rotatable bonds is 8. The number of aliphatic hydroxyl groups excluding tert-OH is 1. The Morgan fingerprint density at radius 3 is 2.70 bits per heavy atom. The van der Waals surface area contributed by atoms with Gasteiger partial charge in [0.25, 0.3) is 11.7 Å². The number of amides is 1. The number of ketones is 1. The summed E-state index contributed by atoms with van der Waals surface area (Å²) in [6, 6.07) is 14.1. The van der Waals surface area contributed by atoms with Crippen LogP contribution in [0, 0.1) is 5.92 Å². The Bertz CT molecular complexity index is 1210. The Labute approximate surface area is 193 Å². The molecule has 3 aromatic rings. The van der Waals surface area contributed by atoms with E-state index in [9.17, 15) is 14.7 Å². The Hall–Kier alpha value is -3.54. The third-order valence-corrected chi connectivity index (χ3v) is 5.90. The van der Waals surface area contributed by atoms with E-state index >= 15 is 0 Å². The van der Waals surface area contributed by atoms with E-state index in [1.54, 1.807) is 23.1 Å². The molecule has 1 aromatic heterocycles. The van der Waals surface area contributed by atoms with Gasteiger partial charge in [-0.1, -0.05) is 57.5 Å². The van der Waals surface area contributed by atoms with Gasteiger partial charge in [-0.05, 0) is 30.5 Å². The number of aromatic nitrogens is 1. The van der Waals surface area contributed by atoms with E-state index in [-0.39, 0.29) is 11.3 Å². The van der Waals surface area contributed by atoms with Crippen molar-refractivity contribution in [2.45, 2.75) is 39.7 Å². The number of fused-ring (bicyclic) bond motifs is 1. The molecule has 1 fully saturated rings. The first-order valence-corrected chi connectivity index (χ1v) is 11.5. The Kier molecular flexibility index (Phi) is 6.54. The SMILES string of the molecule is CCCCN1C(=O)C(=O)/C(=C(/O)c2cccc(OCC(C)C)c2)C1c1c[nH]c2ccccc12. The van der Waals surface area contributed by atoms with E-state index < -0.39 is 17.7 Å². The van der Waals surface area contributed by atoms with E-state index in [2.05, 4.69) is 18.8 Å². The number of likely N-dealkylation sites (tertiary alicyclic amines) is 1. The van der Waals surface area contributed by atoms with Gasteiger partial charge in [0.15, 0.2) is 0 Å². The molecule has 2 aromatic carbocycles. The molecule has 0 spiro atoms. The average Bonchev–Trinajstić information content (AvgIpc) is 3.35. The normalized spacial score (nSPS) is 17.9.